The van der Waals surface area contributed by atoms with Crippen LogP contribution in [0.5, 0.6) is 0 Å². The summed E-state index contributed by atoms with van der Waals surface area (Å²) in [6.07, 6.45) is 8.41. The maximum atomic E-state index is 13.1. The molecule has 4 aromatic rings. The molecule has 0 aliphatic rings. The maximum absolute atomic E-state index is 13.1. The number of aryl methyl sites for hydroxylation is 2. The second-order valence-corrected chi connectivity index (χ2v) is 7.44. The average molecular weight is 415 g/mol. The van der Waals surface area contributed by atoms with Crippen LogP contribution in [0.2, 0.25) is 0 Å². The lowest BCUT2D eigenvalue weighted by molar-refractivity contribution is 0.102. The average Bonchev–Trinajstić information content (AvgIpc) is 3.41. The first-order chi connectivity index (χ1) is 15.1. The molecule has 3 N–H and O–H groups in total. The highest BCUT2D eigenvalue weighted by atomic mass is 16.1. The van der Waals surface area contributed by atoms with E-state index in [1.807, 2.05) is 72.5 Å². The number of hydrogen-bond acceptors (Lipinski definition) is 4. The van der Waals surface area contributed by atoms with Crippen molar-refractivity contribution in [2.24, 2.45) is 12.8 Å². The van der Waals surface area contributed by atoms with Crippen molar-refractivity contribution in [3.63, 3.8) is 0 Å². The maximum Gasteiger partial charge on any atom is 0.258 e. The Morgan fingerprint density at radius 3 is 2.61 bits per heavy atom. The molecule has 2 aromatic carbocycles. The monoisotopic (exact) mass is 414 g/mol. The Morgan fingerprint density at radius 1 is 1.03 bits per heavy atom. The van der Waals surface area contributed by atoms with Gasteiger partial charge in [-0.25, -0.2) is 4.98 Å². The number of anilines is 1. The van der Waals surface area contributed by atoms with Gasteiger partial charge in [0.1, 0.15) is 0 Å². The molecule has 0 bridgehead atoms. The van der Waals surface area contributed by atoms with Crippen LogP contribution in [0.3, 0.4) is 0 Å². The number of carbonyl (C=O) groups is 1. The lowest BCUT2D eigenvalue weighted by Gasteiger charge is -2.09. The number of aromatic nitrogens is 4. The molecule has 0 fully saturated rings. The molecule has 0 unspecified atom stereocenters. The van der Waals surface area contributed by atoms with E-state index in [0.717, 1.165) is 41.8 Å². The van der Waals surface area contributed by atoms with Crippen molar-refractivity contribution < 1.29 is 4.79 Å². The molecule has 0 saturated heterocycles. The minimum atomic E-state index is -0.206. The van der Waals surface area contributed by atoms with Gasteiger partial charge in [0.05, 0.1) is 11.9 Å². The molecule has 0 aliphatic heterocycles. The molecular formula is C24H26N6O. The Balaban J connectivity index is 1.60. The zero-order valence-electron chi connectivity index (χ0n) is 17.5. The quantitative estimate of drug-likeness (QED) is 0.429. The molecule has 0 aliphatic carbocycles. The predicted octanol–water partition coefficient (Wildman–Crippen LogP) is 3.81. The Labute approximate surface area is 181 Å². The highest BCUT2D eigenvalue weighted by Gasteiger charge is 2.15. The molecule has 4 rings (SSSR count). The van der Waals surface area contributed by atoms with Gasteiger partial charge >= 0.3 is 0 Å². The van der Waals surface area contributed by atoms with Crippen LogP contribution in [0, 0.1) is 0 Å². The first kappa shape index (κ1) is 20.6. The molecule has 2 heterocycles. The van der Waals surface area contributed by atoms with E-state index < -0.39 is 0 Å². The first-order valence-corrected chi connectivity index (χ1v) is 10.4. The number of para-hydroxylation sites is 1. The highest BCUT2D eigenvalue weighted by molar-refractivity contribution is 6.04. The van der Waals surface area contributed by atoms with E-state index in [-0.39, 0.29) is 5.91 Å². The van der Waals surface area contributed by atoms with E-state index in [1.165, 1.54) is 0 Å². The summed E-state index contributed by atoms with van der Waals surface area (Å²) in [5.41, 5.74) is 9.95. The summed E-state index contributed by atoms with van der Waals surface area (Å²) in [5.74, 6) is 0.299. The van der Waals surface area contributed by atoms with Crippen molar-refractivity contribution in [1.29, 1.82) is 0 Å². The van der Waals surface area contributed by atoms with Crippen molar-refractivity contribution >= 4 is 11.9 Å². The fourth-order valence-electron chi connectivity index (χ4n) is 3.46. The number of nitrogens with two attached hydrogens (primary N) is 1. The van der Waals surface area contributed by atoms with Gasteiger partial charge < -0.3 is 5.73 Å². The van der Waals surface area contributed by atoms with Gasteiger partial charge in [0.2, 0.25) is 5.95 Å². The highest BCUT2D eigenvalue weighted by Crippen LogP contribution is 2.22. The topological polar surface area (TPSA) is 90.8 Å². The number of nitrogens with one attached hydrogen (secondary N) is 1. The van der Waals surface area contributed by atoms with Crippen molar-refractivity contribution in [2.75, 3.05) is 11.9 Å². The zero-order valence-corrected chi connectivity index (χ0v) is 17.5. The predicted molar refractivity (Wildman–Crippen MR) is 122 cm³/mol. The number of imidazole rings is 1. The van der Waals surface area contributed by atoms with Crippen LogP contribution >= 0.6 is 0 Å². The third kappa shape index (κ3) is 4.90. The number of rotatable bonds is 8. The van der Waals surface area contributed by atoms with Gasteiger partial charge in [-0.2, -0.15) is 5.10 Å². The van der Waals surface area contributed by atoms with Gasteiger partial charge in [0.25, 0.3) is 5.91 Å². The summed E-state index contributed by atoms with van der Waals surface area (Å²) in [6, 6.07) is 17.4. The normalized spacial score (nSPS) is 10.9. The van der Waals surface area contributed by atoms with E-state index in [0.29, 0.717) is 18.1 Å². The third-order valence-corrected chi connectivity index (χ3v) is 5.07. The Kier molecular flexibility index (Phi) is 6.24. The largest absolute Gasteiger partial charge is 0.330 e. The van der Waals surface area contributed by atoms with Crippen LogP contribution in [-0.2, 0) is 13.5 Å². The standard InChI is InChI=1S/C24H26N6O/c1-29-16-20(15-26-29)18-8-7-9-19(14-18)23(31)28-24-27-21(10-5-6-13-25)17-30(24)22-11-3-2-4-12-22/h2-4,7-9,11-12,14-17H,5-6,10,13,25H2,1H3,(H,27,28,31). The molecule has 0 radical (unpaired) electrons. The minimum absolute atomic E-state index is 0.206. The van der Waals surface area contributed by atoms with Gasteiger partial charge in [-0.3, -0.25) is 19.4 Å². The van der Waals surface area contributed by atoms with Gasteiger partial charge in [0.15, 0.2) is 0 Å². The number of hydrogen-bond donors (Lipinski definition) is 2. The Bertz CT molecular complexity index is 1160. The number of benzene rings is 2. The number of carbonyl (C=O) groups excluding carboxylic acids is 1. The molecule has 158 valence electrons. The summed E-state index contributed by atoms with van der Waals surface area (Å²) >= 11 is 0. The van der Waals surface area contributed by atoms with Crippen molar-refractivity contribution in [2.45, 2.75) is 19.3 Å². The van der Waals surface area contributed by atoms with Crippen molar-refractivity contribution in [1.82, 2.24) is 19.3 Å². The molecule has 0 spiro atoms. The minimum Gasteiger partial charge on any atom is -0.330 e. The fourth-order valence-corrected chi connectivity index (χ4v) is 3.46. The van der Waals surface area contributed by atoms with Crippen LogP contribution in [0.1, 0.15) is 28.9 Å². The van der Waals surface area contributed by atoms with Crippen LogP contribution < -0.4 is 11.1 Å². The summed E-state index contributed by atoms with van der Waals surface area (Å²) in [4.78, 5) is 17.7. The number of amides is 1. The van der Waals surface area contributed by atoms with Crippen molar-refractivity contribution in [3.05, 3.63) is 84.4 Å². The number of unbranched alkanes of at least 4 members (excludes halogenated alkanes) is 1. The van der Waals surface area contributed by atoms with E-state index in [4.69, 9.17) is 5.73 Å². The van der Waals surface area contributed by atoms with E-state index in [9.17, 15) is 4.79 Å². The molecule has 7 heteroatoms. The summed E-state index contributed by atoms with van der Waals surface area (Å²) in [5, 5.41) is 7.20. The lowest BCUT2D eigenvalue weighted by Crippen LogP contribution is -2.15. The van der Waals surface area contributed by atoms with E-state index in [2.05, 4.69) is 15.4 Å². The fraction of sp³-hybridized carbons (Fsp3) is 0.208. The van der Waals surface area contributed by atoms with Crippen LogP contribution in [0.15, 0.2) is 73.2 Å². The van der Waals surface area contributed by atoms with Gasteiger partial charge in [-0.15, -0.1) is 0 Å². The van der Waals surface area contributed by atoms with Gasteiger partial charge in [-0.05, 0) is 55.6 Å². The summed E-state index contributed by atoms with van der Waals surface area (Å²) in [6.45, 7) is 0.663. The number of nitrogens with zero attached hydrogens (tertiary/aromatic N) is 4. The lowest BCUT2D eigenvalue weighted by atomic mass is 10.1. The summed E-state index contributed by atoms with van der Waals surface area (Å²) < 4.78 is 3.66. The Hall–Kier alpha value is -3.71. The van der Waals surface area contributed by atoms with Gasteiger partial charge in [-0.1, -0.05) is 30.3 Å². The van der Waals surface area contributed by atoms with Crippen LogP contribution in [0.25, 0.3) is 16.8 Å². The molecule has 7 nitrogen and oxygen atoms in total. The van der Waals surface area contributed by atoms with Crippen LogP contribution in [-0.4, -0.2) is 31.8 Å². The molecule has 31 heavy (non-hydrogen) atoms. The van der Waals surface area contributed by atoms with E-state index in [1.54, 1.807) is 16.9 Å². The molecular weight excluding hydrogens is 388 g/mol. The van der Waals surface area contributed by atoms with Crippen LogP contribution in [0.4, 0.5) is 5.95 Å². The van der Waals surface area contributed by atoms with Gasteiger partial charge in [0, 0.05) is 36.3 Å². The molecule has 1 amide bonds. The van der Waals surface area contributed by atoms with Crippen molar-refractivity contribution in [3.8, 4) is 16.8 Å². The molecule has 0 saturated carbocycles. The third-order valence-electron chi connectivity index (χ3n) is 5.07. The molecule has 2 aromatic heterocycles. The molecule has 0 atom stereocenters. The first-order valence-electron chi connectivity index (χ1n) is 10.4. The Morgan fingerprint density at radius 2 is 1.87 bits per heavy atom. The zero-order chi connectivity index (χ0) is 21.6. The summed E-state index contributed by atoms with van der Waals surface area (Å²) in [7, 11) is 1.87. The van der Waals surface area contributed by atoms with E-state index >= 15 is 0 Å². The SMILES string of the molecule is Cn1cc(-c2cccc(C(=O)Nc3nc(CCCCN)cn3-c3ccccc3)c2)cn1. The second-order valence-electron chi connectivity index (χ2n) is 7.44. The second kappa shape index (κ2) is 9.40. The smallest absolute Gasteiger partial charge is 0.258 e.